The summed E-state index contributed by atoms with van der Waals surface area (Å²) in [7, 11) is 1.55. The second-order valence-corrected chi connectivity index (χ2v) is 3.14. The third-order valence-electron chi connectivity index (χ3n) is 1.95. The van der Waals surface area contributed by atoms with Crippen LogP contribution < -0.4 is 0 Å². The number of Topliss-reactive ketones (excluding diaryl/α,β-unsaturated/α-hetero) is 1. The molecule has 0 aliphatic heterocycles. The molecule has 1 aromatic carbocycles. The normalized spacial score (nSPS) is 12.5. The monoisotopic (exact) mass is 178 g/mol. The molecule has 0 amide bonds. The molecule has 0 saturated carbocycles. The molecule has 1 rings (SSSR count). The smallest absolute Gasteiger partial charge is 0.163 e. The number of carbonyl (C=O) groups excluding carboxylic acids is 1. The van der Waals surface area contributed by atoms with Crippen LogP contribution in [0.4, 0.5) is 0 Å². The lowest BCUT2D eigenvalue weighted by atomic mass is 10.0. The number of carbonyl (C=O) groups is 1. The van der Waals surface area contributed by atoms with Gasteiger partial charge in [-0.15, -0.1) is 0 Å². The summed E-state index contributed by atoms with van der Waals surface area (Å²) in [6.07, 6.45) is -0.417. The van der Waals surface area contributed by atoms with Gasteiger partial charge >= 0.3 is 0 Å². The number of rotatable bonds is 3. The van der Waals surface area contributed by atoms with E-state index < -0.39 is 6.10 Å². The molecule has 0 aliphatic rings. The minimum absolute atomic E-state index is 0.0353. The van der Waals surface area contributed by atoms with E-state index in [9.17, 15) is 4.79 Å². The maximum Gasteiger partial charge on any atom is 0.163 e. The van der Waals surface area contributed by atoms with Crippen molar-refractivity contribution in [2.45, 2.75) is 20.0 Å². The average molecular weight is 178 g/mol. The van der Waals surface area contributed by atoms with E-state index in [0.29, 0.717) is 0 Å². The van der Waals surface area contributed by atoms with Gasteiger partial charge in [0.25, 0.3) is 0 Å². The molecule has 0 aromatic heterocycles. The topological polar surface area (TPSA) is 26.3 Å². The van der Waals surface area contributed by atoms with Crippen LogP contribution in [0.1, 0.15) is 24.2 Å². The Bertz CT molecular complexity index is 305. The van der Waals surface area contributed by atoms with Crippen molar-refractivity contribution in [3.05, 3.63) is 35.4 Å². The lowest BCUT2D eigenvalue weighted by molar-refractivity contribution is -0.126. The van der Waals surface area contributed by atoms with Crippen LogP contribution in [0.25, 0.3) is 0 Å². The largest absolute Gasteiger partial charge is 0.369 e. The fraction of sp³-hybridized carbons (Fsp3) is 0.364. The van der Waals surface area contributed by atoms with Crippen molar-refractivity contribution in [1.29, 1.82) is 0 Å². The maximum atomic E-state index is 11.2. The van der Waals surface area contributed by atoms with Gasteiger partial charge in [-0.3, -0.25) is 4.79 Å². The van der Waals surface area contributed by atoms with Crippen LogP contribution in [-0.2, 0) is 9.53 Å². The minimum Gasteiger partial charge on any atom is -0.369 e. The first-order valence-corrected chi connectivity index (χ1v) is 4.25. The molecule has 0 N–H and O–H groups in total. The highest BCUT2D eigenvalue weighted by atomic mass is 16.5. The van der Waals surface area contributed by atoms with E-state index in [1.54, 1.807) is 7.11 Å². The fourth-order valence-electron chi connectivity index (χ4n) is 1.37. The van der Waals surface area contributed by atoms with Gasteiger partial charge in [-0.25, -0.2) is 0 Å². The van der Waals surface area contributed by atoms with Crippen LogP contribution in [0.2, 0.25) is 0 Å². The van der Waals surface area contributed by atoms with Crippen LogP contribution in [0.3, 0.4) is 0 Å². The Kier molecular flexibility index (Phi) is 3.20. The number of ketones is 1. The predicted molar refractivity (Wildman–Crippen MR) is 51.6 cm³/mol. The van der Waals surface area contributed by atoms with Crippen molar-refractivity contribution in [3.8, 4) is 0 Å². The Balaban J connectivity index is 2.98. The zero-order valence-corrected chi connectivity index (χ0v) is 8.20. The third kappa shape index (κ3) is 2.39. The van der Waals surface area contributed by atoms with Crippen molar-refractivity contribution in [2.75, 3.05) is 7.11 Å². The van der Waals surface area contributed by atoms with Crippen LogP contribution in [0.5, 0.6) is 0 Å². The number of hydrogen-bond donors (Lipinski definition) is 0. The van der Waals surface area contributed by atoms with Gasteiger partial charge in [0.2, 0.25) is 0 Å². The summed E-state index contributed by atoms with van der Waals surface area (Å²) in [6.45, 7) is 3.53. The van der Waals surface area contributed by atoms with Crippen molar-refractivity contribution < 1.29 is 9.53 Å². The summed E-state index contributed by atoms with van der Waals surface area (Å²) in [5, 5.41) is 0. The van der Waals surface area contributed by atoms with E-state index in [1.165, 1.54) is 6.92 Å². The highest BCUT2D eigenvalue weighted by molar-refractivity contribution is 5.81. The van der Waals surface area contributed by atoms with Gasteiger partial charge < -0.3 is 4.74 Å². The van der Waals surface area contributed by atoms with Gasteiger partial charge in [0, 0.05) is 7.11 Å². The first-order valence-electron chi connectivity index (χ1n) is 4.25. The summed E-state index contributed by atoms with van der Waals surface area (Å²) in [4.78, 5) is 11.2. The molecule has 1 aromatic rings. The lowest BCUT2D eigenvalue weighted by Gasteiger charge is -2.12. The Labute approximate surface area is 78.5 Å². The Morgan fingerprint density at radius 1 is 1.46 bits per heavy atom. The summed E-state index contributed by atoms with van der Waals surface area (Å²) >= 11 is 0. The van der Waals surface area contributed by atoms with Gasteiger partial charge in [-0.1, -0.05) is 29.8 Å². The Morgan fingerprint density at radius 3 is 2.62 bits per heavy atom. The summed E-state index contributed by atoms with van der Waals surface area (Å²) in [6, 6.07) is 7.80. The lowest BCUT2D eigenvalue weighted by Crippen LogP contribution is -2.10. The highest BCUT2D eigenvalue weighted by Gasteiger charge is 2.14. The molecule has 0 fully saturated rings. The molecule has 0 spiro atoms. The molecule has 2 nitrogen and oxygen atoms in total. The number of hydrogen-bond acceptors (Lipinski definition) is 2. The van der Waals surface area contributed by atoms with Gasteiger partial charge in [0.05, 0.1) is 0 Å². The molecule has 13 heavy (non-hydrogen) atoms. The first kappa shape index (κ1) is 9.93. The molecule has 1 atom stereocenters. The van der Waals surface area contributed by atoms with Crippen molar-refractivity contribution >= 4 is 5.78 Å². The quantitative estimate of drug-likeness (QED) is 0.709. The molecule has 0 heterocycles. The van der Waals surface area contributed by atoms with Gasteiger partial charge in [0.15, 0.2) is 5.78 Å². The van der Waals surface area contributed by atoms with Crippen molar-refractivity contribution in [3.63, 3.8) is 0 Å². The van der Waals surface area contributed by atoms with E-state index in [2.05, 4.69) is 0 Å². The highest BCUT2D eigenvalue weighted by Crippen LogP contribution is 2.18. The Hall–Kier alpha value is -1.15. The van der Waals surface area contributed by atoms with E-state index in [0.717, 1.165) is 11.1 Å². The van der Waals surface area contributed by atoms with Crippen LogP contribution in [-0.4, -0.2) is 12.9 Å². The first-order chi connectivity index (χ1) is 6.15. The maximum absolute atomic E-state index is 11.2. The van der Waals surface area contributed by atoms with Crippen molar-refractivity contribution in [1.82, 2.24) is 0 Å². The third-order valence-corrected chi connectivity index (χ3v) is 1.95. The molecule has 1 unspecified atom stereocenters. The minimum atomic E-state index is -0.417. The Morgan fingerprint density at radius 2 is 2.15 bits per heavy atom. The number of ether oxygens (including phenoxy) is 1. The predicted octanol–water partition coefficient (Wildman–Crippen LogP) is 2.27. The van der Waals surface area contributed by atoms with Gasteiger partial charge in [0.1, 0.15) is 6.10 Å². The molecule has 2 heteroatoms. The molecule has 70 valence electrons. The van der Waals surface area contributed by atoms with E-state index in [1.807, 2.05) is 31.2 Å². The number of benzene rings is 1. The fourth-order valence-corrected chi connectivity index (χ4v) is 1.37. The summed E-state index contributed by atoms with van der Waals surface area (Å²) < 4.78 is 5.10. The van der Waals surface area contributed by atoms with E-state index >= 15 is 0 Å². The standard InChI is InChI=1S/C11H14O2/c1-8-5-4-6-10(7-8)11(13-3)9(2)12/h4-7,11H,1-3H3. The summed E-state index contributed by atoms with van der Waals surface area (Å²) in [5.41, 5.74) is 2.07. The number of methoxy groups -OCH3 is 1. The van der Waals surface area contributed by atoms with Crippen LogP contribution in [0.15, 0.2) is 24.3 Å². The molecular weight excluding hydrogens is 164 g/mol. The van der Waals surface area contributed by atoms with Crippen molar-refractivity contribution in [2.24, 2.45) is 0 Å². The number of aryl methyl sites for hydroxylation is 1. The van der Waals surface area contributed by atoms with E-state index in [-0.39, 0.29) is 5.78 Å². The SMILES string of the molecule is COC(C(C)=O)c1cccc(C)c1. The molecule has 0 aliphatic carbocycles. The van der Waals surface area contributed by atoms with Crippen LogP contribution >= 0.6 is 0 Å². The second kappa shape index (κ2) is 4.19. The molecule has 0 saturated heterocycles. The van der Waals surface area contributed by atoms with E-state index in [4.69, 9.17) is 4.74 Å². The summed E-state index contributed by atoms with van der Waals surface area (Å²) in [5.74, 6) is 0.0353. The average Bonchev–Trinajstić information content (AvgIpc) is 2.04. The van der Waals surface area contributed by atoms with Gasteiger partial charge in [-0.05, 0) is 19.4 Å². The van der Waals surface area contributed by atoms with Crippen LogP contribution in [0, 0.1) is 6.92 Å². The zero-order chi connectivity index (χ0) is 9.84. The molecular formula is C11H14O2. The van der Waals surface area contributed by atoms with Gasteiger partial charge in [-0.2, -0.15) is 0 Å². The molecule has 0 bridgehead atoms. The zero-order valence-electron chi connectivity index (χ0n) is 8.20. The molecule has 0 radical (unpaired) electrons. The second-order valence-electron chi connectivity index (χ2n) is 3.14.